The molecule has 3 aromatic heterocycles. The zero-order valence-corrected chi connectivity index (χ0v) is 30.8. The largest absolute Gasteiger partial charge is 0.455 e. The molecule has 0 amide bonds. The number of amidine groups is 2. The lowest BCUT2D eigenvalue weighted by molar-refractivity contribution is 0.659. The molecule has 1 unspecified atom stereocenters. The SMILES string of the molecule is C1=Cc2c(c3ccccc3n2-c2cccc3c2oc2cccc(-c4ccc5c(c4)oc4c(C6=NC(c7ccccc7)=NC(c7ccccc7)N6)cccc45)c23)CC1. The molecule has 1 aliphatic heterocycles. The van der Waals surface area contributed by atoms with Crippen molar-refractivity contribution in [1.82, 2.24) is 9.88 Å². The summed E-state index contributed by atoms with van der Waals surface area (Å²) >= 11 is 0. The molecule has 0 bridgehead atoms. The number of hydrogen-bond donors (Lipinski definition) is 1. The Bertz CT molecular complexity index is 3330. The number of nitrogens with zero attached hydrogens (tertiary/aromatic N) is 3. The van der Waals surface area contributed by atoms with E-state index in [1.807, 2.05) is 48.5 Å². The molecule has 6 heteroatoms. The Kier molecular flexibility index (Phi) is 7.01. The van der Waals surface area contributed by atoms with Crippen LogP contribution in [0.3, 0.4) is 0 Å². The highest BCUT2D eigenvalue weighted by molar-refractivity contribution is 6.20. The maximum absolute atomic E-state index is 6.83. The van der Waals surface area contributed by atoms with Crippen LogP contribution in [0.1, 0.15) is 40.5 Å². The Hall–Kier alpha value is -7.44. The van der Waals surface area contributed by atoms with Crippen molar-refractivity contribution in [3.05, 3.63) is 192 Å². The van der Waals surface area contributed by atoms with Crippen molar-refractivity contribution in [3.8, 4) is 16.8 Å². The van der Waals surface area contributed by atoms with Crippen LogP contribution in [0.2, 0.25) is 0 Å². The minimum Gasteiger partial charge on any atom is -0.455 e. The first-order valence-electron chi connectivity index (χ1n) is 19.5. The van der Waals surface area contributed by atoms with Gasteiger partial charge in [0.2, 0.25) is 0 Å². The van der Waals surface area contributed by atoms with E-state index < -0.39 is 0 Å². The molecule has 7 aromatic carbocycles. The fraction of sp³-hybridized carbons (Fsp3) is 0.0588. The molecule has 0 spiro atoms. The van der Waals surface area contributed by atoms with E-state index in [1.165, 1.54) is 22.2 Å². The maximum Gasteiger partial charge on any atom is 0.159 e. The van der Waals surface area contributed by atoms with Gasteiger partial charge in [0.05, 0.1) is 16.8 Å². The summed E-state index contributed by atoms with van der Waals surface area (Å²) in [6, 6.07) is 54.8. The second-order valence-electron chi connectivity index (χ2n) is 14.8. The number of hydrogen-bond acceptors (Lipinski definition) is 5. The van der Waals surface area contributed by atoms with Gasteiger partial charge in [-0.25, -0.2) is 9.98 Å². The molecule has 1 N–H and O–H groups in total. The number of allylic oxidation sites excluding steroid dienone is 1. The van der Waals surface area contributed by atoms with Gasteiger partial charge in [-0.15, -0.1) is 0 Å². The van der Waals surface area contributed by atoms with Crippen molar-refractivity contribution < 1.29 is 8.83 Å². The van der Waals surface area contributed by atoms with Crippen molar-refractivity contribution in [1.29, 1.82) is 0 Å². The molecule has 0 saturated carbocycles. The number of benzene rings is 7. The molecule has 4 heterocycles. The molecule has 0 fully saturated rings. The van der Waals surface area contributed by atoms with E-state index >= 15 is 0 Å². The summed E-state index contributed by atoms with van der Waals surface area (Å²) < 4.78 is 16.0. The topological polar surface area (TPSA) is 68.0 Å². The fourth-order valence-electron chi connectivity index (χ4n) is 8.96. The van der Waals surface area contributed by atoms with Crippen LogP contribution in [0.4, 0.5) is 0 Å². The summed E-state index contributed by atoms with van der Waals surface area (Å²) in [6.07, 6.45) is 6.34. The fourth-order valence-corrected chi connectivity index (χ4v) is 8.96. The molecule has 1 atom stereocenters. The zero-order valence-electron chi connectivity index (χ0n) is 30.8. The summed E-state index contributed by atoms with van der Waals surface area (Å²) in [5, 5.41) is 9.18. The zero-order chi connectivity index (χ0) is 37.5. The average Bonchev–Trinajstić information content (AvgIpc) is 3.96. The number of rotatable bonds is 5. The van der Waals surface area contributed by atoms with Gasteiger partial charge in [-0.3, -0.25) is 0 Å². The van der Waals surface area contributed by atoms with Gasteiger partial charge in [-0.05, 0) is 77.6 Å². The Morgan fingerprint density at radius 1 is 0.596 bits per heavy atom. The van der Waals surface area contributed by atoms with Crippen LogP contribution in [0.5, 0.6) is 0 Å². The second kappa shape index (κ2) is 12.5. The maximum atomic E-state index is 6.83. The molecule has 1 aliphatic carbocycles. The second-order valence-corrected chi connectivity index (χ2v) is 14.8. The molecule has 6 nitrogen and oxygen atoms in total. The average molecular weight is 735 g/mol. The summed E-state index contributed by atoms with van der Waals surface area (Å²) in [7, 11) is 0. The third-order valence-electron chi connectivity index (χ3n) is 11.6. The summed E-state index contributed by atoms with van der Waals surface area (Å²) in [4.78, 5) is 10.1. The number of nitrogens with one attached hydrogen (secondary N) is 1. The number of furan rings is 2. The molecule has 12 rings (SSSR count). The van der Waals surface area contributed by atoms with E-state index in [-0.39, 0.29) is 6.17 Å². The van der Waals surface area contributed by atoms with Gasteiger partial charge in [-0.2, -0.15) is 0 Å². The third-order valence-corrected chi connectivity index (χ3v) is 11.6. The number of para-hydroxylation sites is 3. The first-order chi connectivity index (χ1) is 28.3. The van der Waals surface area contributed by atoms with Gasteiger partial charge in [0.15, 0.2) is 11.4 Å². The molecule has 2 aliphatic rings. The number of aliphatic imine (C=N–C) groups is 2. The van der Waals surface area contributed by atoms with Crippen molar-refractivity contribution in [2.24, 2.45) is 9.98 Å². The van der Waals surface area contributed by atoms with E-state index in [2.05, 4.69) is 131 Å². The van der Waals surface area contributed by atoms with E-state index in [1.54, 1.807) is 0 Å². The van der Waals surface area contributed by atoms with Gasteiger partial charge in [0.25, 0.3) is 0 Å². The summed E-state index contributed by atoms with van der Waals surface area (Å²) in [5.74, 6) is 1.40. The van der Waals surface area contributed by atoms with Crippen LogP contribution in [0, 0.1) is 0 Å². The van der Waals surface area contributed by atoms with Crippen molar-refractivity contribution in [2.75, 3.05) is 0 Å². The van der Waals surface area contributed by atoms with Gasteiger partial charge >= 0.3 is 0 Å². The third kappa shape index (κ3) is 4.97. The highest BCUT2D eigenvalue weighted by Crippen LogP contribution is 2.43. The lowest BCUT2D eigenvalue weighted by atomic mass is 9.98. The highest BCUT2D eigenvalue weighted by atomic mass is 16.3. The number of aryl methyl sites for hydroxylation is 1. The van der Waals surface area contributed by atoms with E-state index in [9.17, 15) is 0 Å². The van der Waals surface area contributed by atoms with Crippen LogP contribution >= 0.6 is 0 Å². The monoisotopic (exact) mass is 734 g/mol. The van der Waals surface area contributed by atoms with Gasteiger partial charge in [0, 0.05) is 38.2 Å². The first kappa shape index (κ1) is 31.9. The Morgan fingerprint density at radius 2 is 1.35 bits per heavy atom. The first-order valence-corrected chi connectivity index (χ1v) is 19.5. The van der Waals surface area contributed by atoms with Crippen LogP contribution in [-0.2, 0) is 6.42 Å². The molecule has 10 aromatic rings. The Labute approximate surface area is 327 Å². The highest BCUT2D eigenvalue weighted by Gasteiger charge is 2.25. The molecule has 57 heavy (non-hydrogen) atoms. The van der Waals surface area contributed by atoms with Crippen LogP contribution in [0.15, 0.2) is 183 Å². The Balaban J connectivity index is 0.996. The minimum atomic E-state index is -0.302. The van der Waals surface area contributed by atoms with Gasteiger partial charge in [0.1, 0.15) is 28.8 Å². The molecular weight excluding hydrogens is 701 g/mol. The molecule has 270 valence electrons. The minimum absolute atomic E-state index is 0.302. The number of fused-ring (bicyclic) bond motifs is 9. The molecular formula is C51H34N4O2. The lowest BCUT2D eigenvalue weighted by Gasteiger charge is -2.23. The van der Waals surface area contributed by atoms with Crippen molar-refractivity contribution >= 4 is 72.5 Å². The number of aromatic nitrogens is 1. The van der Waals surface area contributed by atoms with Crippen molar-refractivity contribution in [2.45, 2.75) is 19.0 Å². The van der Waals surface area contributed by atoms with Gasteiger partial charge < -0.3 is 18.7 Å². The summed E-state index contributed by atoms with van der Waals surface area (Å²) in [6.45, 7) is 0. The lowest BCUT2D eigenvalue weighted by Crippen LogP contribution is -2.33. The van der Waals surface area contributed by atoms with Crippen LogP contribution in [-0.4, -0.2) is 16.2 Å². The van der Waals surface area contributed by atoms with E-state index in [4.69, 9.17) is 18.8 Å². The standard InChI is InChI=1S/C51H34N4O2/c1-3-14-31(15-4-1)49-52-50(32-16-5-2-6-17-32)54-51(53-49)40-23-11-21-38-37-29-28-33(30-45(37)57-47(38)40)34-20-13-27-44-46(34)39-22-12-26-43(48(39)56-44)55-41-24-9-7-18-35(41)36-19-8-10-25-42(36)55/h1-7,9-18,20-30,49H,8,19H2,(H,52,53,54). The molecule has 0 radical (unpaired) electrons. The van der Waals surface area contributed by atoms with E-state index in [0.29, 0.717) is 5.84 Å². The summed E-state index contributed by atoms with van der Waals surface area (Å²) in [5.41, 5.74) is 13.3. The van der Waals surface area contributed by atoms with E-state index in [0.717, 1.165) is 96.1 Å². The predicted molar refractivity (Wildman–Crippen MR) is 232 cm³/mol. The Morgan fingerprint density at radius 3 is 2.26 bits per heavy atom. The predicted octanol–water partition coefficient (Wildman–Crippen LogP) is 12.6. The smallest absolute Gasteiger partial charge is 0.159 e. The normalized spacial score (nSPS) is 15.3. The molecule has 0 saturated heterocycles. The van der Waals surface area contributed by atoms with Crippen LogP contribution < -0.4 is 5.32 Å². The quantitative estimate of drug-likeness (QED) is 0.191. The van der Waals surface area contributed by atoms with Crippen LogP contribution in [0.25, 0.3) is 77.7 Å². The van der Waals surface area contributed by atoms with Crippen molar-refractivity contribution in [3.63, 3.8) is 0 Å². The van der Waals surface area contributed by atoms with Gasteiger partial charge in [-0.1, -0.05) is 127 Å².